The first-order chi connectivity index (χ1) is 9.50. The number of hydrogen-bond acceptors (Lipinski definition) is 4. The average molecular weight is 277 g/mol. The number of pyridine rings is 1. The van der Waals surface area contributed by atoms with Gasteiger partial charge in [0.2, 0.25) is 0 Å². The average Bonchev–Trinajstić information content (AvgIpc) is 3.28. The summed E-state index contributed by atoms with van der Waals surface area (Å²) in [6.07, 6.45) is 3.83. The number of carboxylic acid groups (broad SMARTS) is 1. The zero-order valence-electron chi connectivity index (χ0n) is 11.7. The molecule has 2 rings (SSSR count). The van der Waals surface area contributed by atoms with Crippen LogP contribution in [0.25, 0.3) is 0 Å². The topological polar surface area (TPSA) is 82.5 Å². The number of nitrogens with one attached hydrogen (secondary N) is 1. The molecule has 0 bridgehead atoms. The van der Waals surface area contributed by atoms with Crippen molar-refractivity contribution in [3.8, 4) is 0 Å². The molecule has 1 aliphatic carbocycles. The highest BCUT2D eigenvalue weighted by Gasteiger charge is 2.29. The lowest BCUT2D eigenvalue weighted by atomic mass is 10.2. The van der Waals surface area contributed by atoms with Crippen LogP contribution in [0.1, 0.15) is 40.6 Å². The number of carboxylic acids is 1. The number of nitrogens with zero attached hydrogens (tertiary/aromatic N) is 2. The van der Waals surface area contributed by atoms with Gasteiger partial charge in [-0.1, -0.05) is 0 Å². The summed E-state index contributed by atoms with van der Waals surface area (Å²) >= 11 is 0. The van der Waals surface area contributed by atoms with Gasteiger partial charge in [-0.15, -0.1) is 0 Å². The van der Waals surface area contributed by atoms with Crippen molar-refractivity contribution in [2.24, 2.45) is 0 Å². The number of carbonyl (C=O) groups excluding carboxylic acids is 1. The molecule has 0 aromatic carbocycles. The maximum Gasteiger partial charge on any atom is 0.338 e. The van der Waals surface area contributed by atoms with E-state index in [0.717, 1.165) is 0 Å². The molecule has 20 heavy (non-hydrogen) atoms. The van der Waals surface area contributed by atoms with Crippen LogP contribution in [-0.4, -0.2) is 52.5 Å². The second-order valence-electron chi connectivity index (χ2n) is 5.16. The number of likely N-dealkylation sites (N-methyl/N-ethyl adjacent to an activating group) is 1. The molecule has 0 radical (unpaired) electrons. The highest BCUT2D eigenvalue weighted by molar-refractivity contribution is 6.03. The third-order valence-electron chi connectivity index (χ3n) is 3.63. The molecule has 1 heterocycles. The number of rotatable bonds is 6. The minimum absolute atomic E-state index is 0.0405. The largest absolute Gasteiger partial charge is 0.478 e. The van der Waals surface area contributed by atoms with E-state index < -0.39 is 11.9 Å². The zero-order chi connectivity index (χ0) is 14.7. The second-order valence-corrected chi connectivity index (χ2v) is 5.16. The fourth-order valence-electron chi connectivity index (χ4n) is 2.07. The number of aromatic nitrogens is 1. The van der Waals surface area contributed by atoms with Crippen molar-refractivity contribution < 1.29 is 14.7 Å². The van der Waals surface area contributed by atoms with Gasteiger partial charge in [0.15, 0.2) is 0 Å². The standard InChI is InChI=1S/C14H19N3O3/c1-9(17(2)10-5-6-10)8-16-13(18)12-11(14(19)20)4-3-7-15-12/h3-4,7,9-10H,5-6,8H2,1-2H3,(H,16,18)(H,19,20). The summed E-state index contributed by atoms with van der Waals surface area (Å²) in [4.78, 5) is 29.2. The van der Waals surface area contributed by atoms with E-state index in [2.05, 4.69) is 15.2 Å². The monoisotopic (exact) mass is 277 g/mol. The summed E-state index contributed by atoms with van der Waals surface area (Å²) in [5.74, 6) is -1.59. The van der Waals surface area contributed by atoms with Crippen LogP contribution in [0.3, 0.4) is 0 Å². The Morgan fingerprint density at radius 3 is 2.85 bits per heavy atom. The van der Waals surface area contributed by atoms with Crippen molar-refractivity contribution >= 4 is 11.9 Å². The van der Waals surface area contributed by atoms with Crippen LogP contribution >= 0.6 is 0 Å². The Labute approximate surface area is 117 Å². The number of hydrogen-bond donors (Lipinski definition) is 2. The Balaban J connectivity index is 1.96. The molecule has 6 heteroatoms. The van der Waals surface area contributed by atoms with Gasteiger partial charge >= 0.3 is 5.97 Å². The van der Waals surface area contributed by atoms with Gasteiger partial charge in [0.25, 0.3) is 5.91 Å². The minimum atomic E-state index is -1.15. The third-order valence-corrected chi connectivity index (χ3v) is 3.63. The highest BCUT2D eigenvalue weighted by atomic mass is 16.4. The van der Waals surface area contributed by atoms with Gasteiger partial charge in [-0.05, 0) is 38.9 Å². The Bertz CT molecular complexity index is 514. The predicted molar refractivity (Wildman–Crippen MR) is 73.8 cm³/mol. The van der Waals surface area contributed by atoms with Crippen molar-refractivity contribution in [3.63, 3.8) is 0 Å². The van der Waals surface area contributed by atoms with Crippen LogP contribution < -0.4 is 5.32 Å². The summed E-state index contributed by atoms with van der Waals surface area (Å²) < 4.78 is 0. The fraction of sp³-hybridized carbons (Fsp3) is 0.500. The van der Waals surface area contributed by atoms with Gasteiger partial charge in [-0.2, -0.15) is 0 Å². The first-order valence-corrected chi connectivity index (χ1v) is 6.69. The first kappa shape index (κ1) is 14.5. The molecule has 1 aliphatic rings. The van der Waals surface area contributed by atoms with E-state index in [4.69, 9.17) is 5.11 Å². The van der Waals surface area contributed by atoms with E-state index in [1.54, 1.807) is 0 Å². The molecule has 1 atom stereocenters. The summed E-state index contributed by atoms with van der Waals surface area (Å²) in [7, 11) is 2.04. The maximum absolute atomic E-state index is 12.0. The van der Waals surface area contributed by atoms with Gasteiger partial charge in [0.05, 0.1) is 5.56 Å². The fourth-order valence-corrected chi connectivity index (χ4v) is 2.07. The lowest BCUT2D eigenvalue weighted by Gasteiger charge is -2.24. The normalized spacial score (nSPS) is 15.9. The molecule has 108 valence electrons. The molecule has 0 aliphatic heterocycles. The van der Waals surface area contributed by atoms with E-state index in [1.807, 2.05) is 14.0 Å². The lowest BCUT2D eigenvalue weighted by Crippen LogP contribution is -2.41. The minimum Gasteiger partial charge on any atom is -0.478 e. The van der Waals surface area contributed by atoms with E-state index >= 15 is 0 Å². The molecular formula is C14H19N3O3. The number of aromatic carboxylic acids is 1. The molecule has 1 unspecified atom stereocenters. The molecule has 1 aromatic heterocycles. The van der Waals surface area contributed by atoms with Crippen LogP contribution in [0, 0.1) is 0 Å². The Morgan fingerprint density at radius 2 is 2.25 bits per heavy atom. The molecule has 6 nitrogen and oxygen atoms in total. The van der Waals surface area contributed by atoms with Crippen LogP contribution in [0.2, 0.25) is 0 Å². The first-order valence-electron chi connectivity index (χ1n) is 6.69. The Hall–Kier alpha value is -1.95. The maximum atomic E-state index is 12.0. The van der Waals surface area contributed by atoms with Crippen LogP contribution in [0.4, 0.5) is 0 Å². The quantitative estimate of drug-likeness (QED) is 0.810. The van der Waals surface area contributed by atoms with E-state index in [-0.39, 0.29) is 17.3 Å². The number of amides is 1. The lowest BCUT2D eigenvalue weighted by molar-refractivity contribution is 0.0689. The summed E-state index contributed by atoms with van der Waals surface area (Å²) in [6, 6.07) is 3.71. The molecule has 1 amide bonds. The van der Waals surface area contributed by atoms with Crippen molar-refractivity contribution in [2.75, 3.05) is 13.6 Å². The summed E-state index contributed by atoms with van der Waals surface area (Å²) in [6.45, 7) is 2.51. The van der Waals surface area contributed by atoms with Gasteiger partial charge in [0.1, 0.15) is 5.69 Å². The van der Waals surface area contributed by atoms with Gasteiger partial charge in [-0.25, -0.2) is 4.79 Å². The predicted octanol–water partition coefficient (Wildman–Crippen LogP) is 0.992. The van der Waals surface area contributed by atoms with Crippen molar-refractivity contribution in [1.82, 2.24) is 15.2 Å². The van der Waals surface area contributed by atoms with Crippen molar-refractivity contribution in [3.05, 3.63) is 29.6 Å². The number of carbonyl (C=O) groups is 2. The molecule has 2 N–H and O–H groups in total. The summed E-state index contributed by atoms with van der Waals surface area (Å²) in [5, 5.41) is 11.8. The van der Waals surface area contributed by atoms with Crippen molar-refractivity contribution in [2.45, 2.75) is 31.8 Å². The van der Waals surface area contributed by atoms with Crippen LogP contribution in [0.15, 0.2) is 18.3 Å². The van der Waals surface area contributed by atoms with Crippen molar-refractivity contribution in [1.29, 1.82) is 0 Å². The van der Waals surface area contributed by atoms with Gasteiger partial charge in [0, 0.05) is 24.8 Å². The van der Waals surface area contributed by atoms with Crippen LogP contribution in [0.5, 0.6) is 0 Å². The van der Waals surface area contributed by atoms with E-state index in [0.29, 0.717) is 12.6 Å². The molecular weight excluding hydrogens is 258 g/mol. The molecule has 1 aromatic rings. The van der Waals surface area contributed by atoms with Gasteiger partial charge < -0.3 is 10.4 Å². The molecule has 0 spiro atoms. The Kier molecular flexibility index (Phi) is 4.34. The molecule has 1 fully saturated rings. The van der Waals surface area contributed by atoms with Gasteiger partial charge in [-0.3, -0.25) is 14.7 Å². The summed E-state index contributed by atoms with van der Waals surface area (Å²) in [5.41, 5.74) is -0.116. The smallest absolute Gasteiger partial charge is 0.338 e. The zero-order valence-corrected chi connectivity index (χ0v) is 11.7. The van der Waals surface area contributed by atoms with E-state index in [9.17, 15) is 9.59 Å². The molecule has 1 saturated carbocycles. The third kappa shape index (κ3) is 3.33. The highest BCUT2D eigenvalue weighted by Crippen LogP contribution is 2.26. The van der Waals surface area contributed by atoms with E-state index in [1.165, 1.54) is 31.2 Å². The second kappa shape index (κ2) is 6.00. The van der Waals surface area contributed by atoms with Crippen LogP contribution in [-0.2, 0) is 0 Å². The Morgan fingerprint density at radius 1 is 1.55 bits per heavy atom. The molecule has 0 saturated heterocycles. The SMILES string of the molecule is CC(CNC(=O)c1ncccc1C(=O)O)N(C)C1CC1.